The third-order valence-corrected chi connectivity index (χ3v) is 1.39. The molecule has 70 valence electrons. The van der Waals surface area contributed by atoms with Crippen molar-refractivity contribution < 1.29 is 48.9 Å². The van der Waals surface area contributed by atoms with E-state index in [9.17, 15) is 9.59 Å². The van der Waals surface area contributed by atoms with E-state index in [0.717, 1.165) is 0 Å². The maximum absolute atomic E-state index is 10.5. The Balaban J connectivity index is -0.000000180. The van der Waals surface area contributed by atoms with Gasteiger partial charge in [0.1, 0.15) is 0 Å². The monoisotopic (exact) mass is 396 g/mol. The number of carboxylic acid groups (broad SMARTS) is 2. The Kier molecular flexibility index (Phi) is 9.54. The van der Waals surface area contributed by atoms with Crippen LogP contribution in [-0.4, -0.2) is 71.0 Å². The summed E-state index contributed by atoms with van der Waals surface area (Å²) >= 11 is 0. The van der Waals surface area contributed by atoms with Gasteiger partial charge in [0.05, 0.1) is 11.1 Å². The third kappa shape index (κ3) is 4.42. The molecule has 0 aromatic heterocycles. The quantitative estimate of drug-likeness (QED) is 0.729. The molecule has 0 spiro atoms. The Morgan fingerprint density at radius 1 is 1.00 bits per heavy atom. The van der Waals surface area contributed by atoms with Crippen LogP contribution >= 0.6 is 0 Å². The molecule has 0 aliphatic carbocycles. The van der Waals surface area contributed by atoms with Crippen LogP contribution < -0.4 is 0 Å². The summed E-state index contributed by atoms with van der Waals surface area (Å²) in [7, 11) is 0. The van der Waals surface area contributed by atoms with Crippen molar-refractivity contribution >= 4 is 60.8 Å². The second kappa shape index (κ2) is 7.85. The Bertz CT molecular complexity index is 316. The number of benzene rings is 1. The van der Waals surface area contributed by atoms with E-state index in [4.69, 9.17) is 10.2 Å². The molecule has 1 rings (SSSR count). The zero-order valence-electron chi connectivity index (χ0n) is 9.23. The molecule has 14 heavy (non-hydrogen) atoms. The van der Waals surface area contributed by atoms with E-state index in [1.165, 1.54) is 24.3 Å². The normalized spacial score (nSPS) is 8.00. The summed E-state index contributed by atoms with van der Waals surface area (Å²) in [6, 6.07) is 5.48. The van der Waals surface area contributed by atoms with Gasteiger partial charge >= 0.3 is 60.8 Å². The molecule has 0 aliphatic heterocycles. The average Bonchev–Trinajstić information content (AvgIpc) is 2.04. The SMILES string of the molecule is O=C(O)c1ccccc1C(=O)O.[Ba+2].[H-].[H-].[Zr]. The van der Waals surface area contributed by atoms with E-state index < -0.39 is 11.9 Å². The van der Waals surface area contributed by atoms with Gasteiger partial charge in [0.2, 0.25) is 0 Å². The van der Waals surface area contributed by atoms with Gasteiger partial charge in [0.15, 0.2) is 0 Å². The van der Waals surface area contributed by atoms with Gasteiger partial charge in [-0.1, -0.05) is 12.1 Å². The summed E-state index contributed by atoms with van der Waals surface area (Å²) in [6.07, 6.45) is 0. The van der Waals surface area contributed by atoms with Crippen molar-refractivity contribution in [2.24, 2.45) is 0 Å². The van der Waals surface area contributed by atoms with E-state index in [0.29, 0.717) is 0 Å². The van der Waals surface area contributed by atoms with Crippen LogP contribution in [0.2, 0.25) is 0 Å². The molecule has 0 unspecified atom stereocenters. The molecule has 1 aromatic carbocycles. The van der Waals surface area contributed by atoms with Gasteiger partial charge in [-0.2, -0.15) is 0 Å². The number of rotatable bonds is 2. The van der Waals surface area contributed by atoms with Crippen molar-refractivity contribution in [1.29, 1.82) is 0 Å². The summed E-state index contributed by atoms with van der Waals surface area (Å²) in [4.78, 5) is 20.9. The molecule has 6 heteroatoms. The molecule has 0 heterocycles. The van der Waals surface area contributed by atoms with E-state index in [2.05, 4.69) is 0 Å². The first-order valence-corrected chi connectivity index (χ1v) is 3.18. The molecule has 0 radical (unpaired) electrons. The Hall–Kier alpha value is 0.615. The molecule has 1 aromatic rings. The van der Waals surface area contributed by atoms with Crippen LogP contribution in [0.3, 0.4) is 0 Å². The second-order valence-electron chi connectivity index (χ2n) is 2.16. The predicted molar refractivity (Wildman–Crippen MR) is 48.3 cm³/mol. The number of carbonyl (C=O) groups is 2. The van der Waals surface area contributed by atoms with Crippen molar-refractivity contribution in [3.05, 3.63) is 35.4 Å². The minimum absolute atomic E-state index is 0. The van der Waals surface area contributed by atoms with Gasteiger partial charge < -0.3 is 13.1 Å². The zero-order chi connectivity index (χ0) is 9.14. The van der Waals surface area contributed by atoms with Gasteiger partial charge in [-0.15, -0.1) is 0 Å². The van der Waals surface area contributed by atoms with Crippen LogP contribution in [0.5, 0.6) is 0 Å². The van der Waals surface area contributed by atoms with Crippen molar-refractivity contribution in [2.75, 3.05) is 0 Å². The standard InChI is InChI=1S/C8H6O4.Ba.Zr.2H/c9-7(10)5-3-1-2-4-6(5)8(11)12;;;;/h1-4H,(H,9,10)(H,11,12);;;;/q;+2;;2*-1. The van der Waals surface area contributed by atoms with E-state index in [1.807, 2.05) is 0 Å². The van der Waals surface area contributed by atoms with Gasteiger partial charge in [-0.3, -0.25) is 0 Å². The smallest absolute Gasteiger partial charge is 1.00 e. The second-order valence-corrected chi connectivity index (χ2v) is 2.16. The molecule has 0 fully saturated rings. The molecule has 2 N–H and O–H groups in total. The van der Waals surface area contributed by atoms with E-state index in [1.54, 1.807) is 0 Å². The first-order valence-electron chi connectivity index (χ1n) is 3.18. The maximum Gasteiger partial charge on any atom is 2.00 e. The van der Waals surface area contributed by atoms with Gasteiger partial charge in [0.25, 0.3) is 0 Å². The first kappa shape index (κ1) is 17.0. The third-order valence-electron chi connectivity index (χ3n) is 1.39. The summed E-state index contributed by atoms with van der Waals surface area (Å²) in [5.74, 6) is -2.46. The average molecular weight is 397 g/mol. The molecular weight excluding hydrogens is 389 g/mol. The Labute approximate surface area is 143 Å². The van der Waals surface area contributed by atoms with Crippen LogP contribution in [0.15, 0.2) is 24.3 Å². The summed E-state index contributed by atoms with van der Waals surface area (Å²) < 4.78 is 0. The summed E-state index contributed by atoms with van der Waals surface area (Å²) in [5, 5.41) is 17.1. The van der Waals surface area contributed by atoms with Gasteiger partial charge in [-0.05, 0) is 12.1 Å². The van der Waals surface area contributed by atoms with Crippen LogP contribution in [0.1, 0.15) is 23.6 Å². The minimum Gasteiger partial charge on any atom is -1.00 e. The van der Waals surface area contributed by atoms with Crippen LogP contribution in [0, 0.1) is 0 Å². The van der Waals surface area contributed by atoms with Crippen molar-refractivity contribution in [1.82, 2.24) is 0 Å². The molecule has 0 bridgehead atoms. The largest absolute Gasteiger partial charge is 2.00 e. The van der Waals surface area contributed by atoms with Gasteiger partial charge in [-0.25, -0.2) is 9.59 Å². The maximum atomic E-state index is 10.5. The van der Waals surface area contributed by atoms with E-state index in [-0.39, 0.29) is 89.1 Å². The van der Waals surface area contributed by atoms with Gasteiger partial charge in [0, 0.05) is 26.2 Å². The molecule has 0 atom stereocenters. The number of hydrogen-bond acceptors (Lipinski definition) is 2. The Morgan fingerprint density at radius 2 is 1.29 bits per heavy atom. The minimum atomic E-state index is -1.23. The predicted octanol–water partition coefficient (Wildman–Crippen LogP) is 0.925. The summed E-state index contributed by atoms with van der Waals surface area (Å²) in [6.45, 7) is 0. The van der Waals surface area contributed by atoms with Crippen LogP contribution in [0.25, 0.3) is 0 Å². The van der Waals surface area contributed by atoms with E-state index >= 15 is 0 Å². The zero-order valence-corrected chi connectivity index (χ0v) is 14.1. The fourth-order valence-corrected chi connectivity index (χ4v) is 0.856. The number of carboxylic acids is 2. The van der Waals surface area contributed by atoms with Crippen LogP contribution in [0.4, 0.5) is 0 Å². The van der Waals surface area contributed by atoms with Crippen LogP contribution in [-0.2, 0) is 26.2 Å². The molecule has 0 saturated heterocycles. The molecule has 0 aliphatic rings. The summed E-state index contributed by atoms with van der Waals surface area (Å²) in [5.41, 5.74) is -0.380. The molecule has 0 amide bonds. The van der Waals surface area contributed by atoms with Crippen molar-refractivity contribution in [3.63, 3.8) is 0 Å². The molecule has 0 saturated carbocycles. The fraction of sp³-hybridized carbons (Fsp3) is 0. The Morgan fingerprint density at radius 3 is 1.50 bits per heavy atom. The van der Waals surface area contributed by atoms with Crippen molar-refractivity contribution in [2.45, 2.75) is 0 Å². The fourth-order valence-electron chi connectivity index (χ4n) is 0.856. The molecule has 4 nitrogen and oxygen atoms in total. The number of hydrogen-bond donors (Lipinski definition) is 2. The topological polar surface area (TPSA) is 74.6 Å². The molecular formula is C8H8BaO4Zr. The number of aromatic carboxylic acids is 2. The van der Waals surface area contributed by atoms with Crippen molar-refractivity contribution in [3.8, 4) is 0 Å². The first-order chi connectivity index (χ1) is 5.63.